The molecule has 0 aliphatic carbocycles. The molecule has 1 aliphatic heterocycles. The number of carbonyl (C=O) groups is 2. The van der Waals surface area contributed by atoms with E-state index in [0.29, 0.717) is 12.3 Å². The first-order valence-corrected chi connectivity index (χ1v) is 5.82. The van der Waals surface area contributed by atoms with Crippen LogP contribution in [0.1, 0.15) is 46.5 Å². The summed E-state index contributed by atoms with van der Waals surface area (Å²) < 4.78 is 0. The van der Waals surface area contributed by atoms with E-state index in [0.717, 1.165) is 25.8 Å². The van der Waals surface area contributed by atoms with E-state index < -0.39 is 0 Å². The van der Waals surface area contributed by atoms with Gasteiger partial charge in [0.1, 0.15) is 0 Å². The molecule has 1 saturated heterocycles. The van der Waals surface area contributed by atoms with Crippen LogP contribution in [0.5, 0.6) is 0 Å². The van der Waals surface area contributed by atoms with Gasteiger partial charge in [-0.3, -0.25) is 9.59 Å². The molecular weight excluding hydrogens is 190 g/mol. The van der Waals surface area contributed by atoms with Gasteiger partial charge in [0.05, 0.1) is 6.04 Å². The van der Waals surface area contributed by atoms with Crippen LogP contribution in [0, 0.1) is 5.92 Å². The monoisotopic (exact) mass is 211 g/mol. The summed E-state index contributed by atoms with van der Waals surface area (Å²) >= 11 is 0. The number of piperidine rings is 1. The molecular formula is C12H21NO2. The molecule has 1 fully saturated rings. The number of Topliss-reactive ketones (excluding diaryl/α,β-unsaturated/α-hetero) is 1. The van der Waals surface area contributed by atoms with E-state index in [-0.39, 0.29) is 17.7 Å². The highest BCUT2D eigenvalue weighted by molar-refractivity contribution is 5.87. The molecule has 0 spiro atoms. The SMILES string of the molecule is CC(=O)C1CCCCN1C(=O)CC(C)C. The fourth-order valence-electron chi connectivity index (χ4n) is 2.12. The number of amides is 1. The van der Waals surface area contributed by atoms with Gasteiger partial charge >= 0.3 is 0 Å². The molecule has 1 unspecified atom stereocenters. The summed E-state index contributed by atoms with van der Waals surface area (Å²) in [5.41, 5.74) is 0. The highest BCUT2D eigenvalue weighted by Gasteiger charge is 2.29. The van der Waals surface area contributed by atoms with E-state index in [2.05, 4.69) is 0 Å². The van der Waals surface area contributed by atoms with Crippen molar-refractivity contribution in [1.82, 2.24) is 4.90 Å². The normalized spacial score (nSPS) is 21.9. The van der Waals surface area contributed by atoms with Crippen LogP contribution in [0.25, 0.3) is 0 Å². The number of ketones is 1. The first-order valence-electron chi connectivity index (χ1n) is 5.82. The van der Waals surface area contributed by atoms with Crippen molar-refractivity contribution in [1.29, 1.82) is 0 Å². The molecule has 0 N–H and O–H groups in total. The third kappa shape index (κ3) is 3.33. The molecule has 0 radical (unpaired) electrons. The van der Waals surface area contributed by atoms with Crippen molar-refractivity contribution >= 4 is 11.7 Å². The summed E-state index contributed by atoms with van der Waals surface area (Å²) in [7, 11) is 0. The standard InChI is InChI=1S/C12H21NO2/c1-9(2)8-12(15)13-7-5-4-6-11(13)10(3)14/h9,11H,4-8H2,1-3H3. The molecule has 0 aromatic carbocycles. The number of hydrogen-bond acceptors (Lipinski definition) is 2. The van der Waals surface area contributed by atoms with E-state index in [4.69, 9.17) is 0 Å². The quantitative estimate of drug-likeness (QED) is 0.716. The topological polar surface area (TPSA) is 37.4 Å². The Bertz CT molecular complexity index is 248. The third-order valence-corrected chi connectivity index (χ3v) is 2.88. The van der Waals surface area contributed by atoms with Gasteiger partial charge in [-0.15, -0.1) is 0 Å². The minimum Gasteiger partial charge on any atom is -0.333 e. The average molecular weight is 211 g/mol. The number of rotatable bonds is 3. The summed E-state index contributed by atoms with van der Waals surface area (Å²) in [4.78, 5) is 25.1. The van der Waals surface area contributed by atoms with Crippen LogP contribution < -0.4 is 0 Å². The maximum Gasteiger partial charge on any atom is 0.223 e. The van der Waals surface area contributed by atoms with Crippen LogP contribution in [0.3, 0.4) is 0 Å². The van der Waals surface area contributed by atoms with Gasteiger partial charge in [0.15, 0.2) is 5.78 Å². The molecule has 1 aliphatic rings. The maximum absolute atomic E-state index is 11.9. The second-order valence-corrected chi connectivity index (χ2v) is 4.81. The second kappa shape index (κ2) is 5.29. The third-order valence-electron chi connectivity index (χ3n) is 2.88. The maximum atomic E-state index is 11.9. The molecule has 1 rings (SSSR count). The van der Waals surface area contributed by atoms with Crippen LogP contribution in [-0.4, -0.2) is 29.2 Å². The van der Waals surface area contributed by atoms with Crippen LogP contribution in [0.4, 0.5) is 0 Å². The highest BCUT2D eigenvalue weighted by atomic mass is 16.2. The van der Waals surface area contributed by atoms with Crippen LogP contribution in [-0.2, 0) is 9.59 Å². The summed E-state index contributed by atoms with van der Waals surface area (Å²) in [6, 6.07) is -0.148. The first-order chi connectivity index (χ1) is 7.02. The molecule has 0 bridgehead atoms. The van der Waals surface area contributed by atoms with Crippen molar-refractivity contribution in [2.24, 2.45) is 5.92 Å². The van der Waals surface area contributed by atoms with Crippen LogP contribution in [0.15, 0.2) is 0 Å². The van der Waals surface area contributed by atoms with E-state index in [1.165, 1.54) is 0 Å². The van der Waals surface area contributed by atoms with Gasteiger partial charge in [0.2, 0.25) is 5.91 Å². The number of nitrogens with zero attached hydrogens (tertiary/aromatic N) is 1. The fraction of sp³-hybridized carbons (Fsp3) is 0.833. The fourth-order valence-corrected chi connectivity index (χ4v) is 2.12. The van der Waals surface area contributed by atoms with Crippen LogP contribution >= 0.6 is 0 Å². The lowest BCUT2D eigenvalue weighted by Crippen LogP contribution is -2.47. The Hall–Kier alpha value is -0.860. The Morgan fingerprint density at radius 1 is 1.33 bits per heavy atom. The van der Waals surface area contributed by atoms with Gasteiger partial charge in [-0.25, -0.2) is 0 Å². The lowest BCUT2D eigenvalue weighted by molar-refractivity contribution is -0.141. The van der Waals surface area contributed by atoms with Crippen molar-refractivity contribution in [3.8, 4) is 0 Å². The highest BCUT2D eigenvalue weighted by Crippen LogP contribution is 2.19. The van der Waals surface area contributed by atoms with Gasteiger partial charge in [-0.2, -0.15) is 0 Å². The summed E-state index contributed by atoms with van der Waals surface area (Å²) in [6.45, 7) is 6.41. The molecule has 0 aromatic heterocycles. The Kier molecular flexibility index (Phi) is 4.30. The summed E-state index contributed by atoms with van der Waals surface area (Å²) in [5.74, 6) is 0.642. The van der Waals surface area contributed by atoms with Crippen LogP contribution in [0.2, 0.25) is 0 Å². The smallest absolute Gasteiger partial charge is 0.223 e. The van der Waals surface area contributed by atoms with E-state index in [1.54, 1.807) is 11.8 Å². The Morgan fingerprint density at radius 3 is 2.53 bits per heavy atom. The van der Waals surface area contributed by atoms with Crippen molar-refractivity contribution < 1.29 is 9.59 Å². The van der Waals surface area contributed by atoms with Crippen molar-refractivity contribution in [2.75, 3.05) is 6.54 Å². The Balaban J connectivity index is 2.63. The number of hydrogen-bond donors (Lipinski definition) is 0. The molecule has 1 heterocycles. The second-order valence-electron chi connectivity index (χ2n) is 4.81. The lowest BCUT2D eigenvalue weighted by atomic mass is 9.97. The Morgan fingerprint density at radius 2 is 2.00 bits per heavy atom. The first kappa shape index (κ1) is 12.2. The Labute approximate surface area is 91.8 Å². The van der Waals surface area contributed by atoms with E-state index in [1.807, 2.05) is 13.8 Å². The molecule has 86 valence electrons. The summed E-state index contributed by atoms with van der Waals surface area (Å²) in [6.07, 6.45) is 3.51. The van der Waals surface area contributed by atoms with Gasteiger partial charge in [0, 0.05) is 13.0 Å². The van der Waals surface area contributed by atoms with Gasteiger partial charge in [-0.05, 0) is 32.1 Å². The largest absolute Gasteiger partial charge is 0.333 e. The predicted molar refractivity (Wildman–Crippen MR) is 59.5 cm³/mol. The predicted octanol–water partition coefficient (Wildman–Crippen LogP) is 2.00. The van der Waals surface area contributed by atoms with Gasteiger partial charge in [-0.1, -0.05) is 13.8 Å². The zero-order valence-corrected chi connectivity index (χ0v) is 9.95. The molecule has 0 saturated carbocycles. The number of likely N-dealkylation sites (tertiary alicyclic amines) is 1. The molecule has 1 atom stereocenters. The van der Waals surface area contributed by atoms with Gasteiger partial charge < -0.3 is 4.90 Å². The molecule has 1 amide bonds. The number of carbonyl (C=O) groups excluding carboxylic acids is 2. The minimum absolute atomic E-state index is 0.131. The molecule has 15 heavy (non-hydrogen) atoms. The zero-order chi connectivity index (χ0) is 11.4. The average Bonchev–Trinajstić information content (AvgIpc) is 2.16. The van der Waals surface area contributed by atoms with E-state index in [9.17, 15) is 9.59 Å². The molecule has 0 aromatic rings. The molecule has 3 nitrogen and oxygen atoms in total. The minimum atomic E-state index is -0.148. The van der Waals surface area contributed by atoms with Crippen molar-refractivity contribution in [2.45, 2.75) is 52.5 Å². The summed E-state index contributed by atoms with van der Waals surface area (Å²) in [5, 5.41) is 0. The molecule has 3 heteroatoms. The van der Waals surface area contributed by atoms with Crippen molar-refractivity contribution in [3.05, 3.63) is 0 Å². The van der Waals surface area contributed by atoms with Crippen molar-refractivity contribution in [3.63, 3.8) is 0 Å². The van der Waals surface area contributed by atoms with Gasteiger partial charge in [0.25, 0.3) is 0 Å². The lowest BCUT2D eigenvalue weighted by Gasteiger charge is -2.34. The van der Waals surface area contributed by atoms with E-state index >= 15 is 0 Å². The zero-order valence-electron chi connectivity index (χ0n) is 9.95.